The first-order valence-corrected chi connectivity index (χ1v) is 3.25. The Kier molecular flexibility index (Phi) is 6.77. The van der Waals surface area contributed by atoms with Crippen LogP contribution in [-0.4, -0.2) is 18.7 Å². The molecule has 0 amide bonds. The van der Waals surface area contributed by atoms with Crippen LogP contribution in [0.4, 0.5) is 0 Å². The van der Waals surface area contributed by atoms with Crippen molar-refractivity contribution < 1.29 is 9.84 Å². The molecule has 0 aliphatic heterocycles. The van der Waals surface area contributed by atoms with Crippen molar-refractivity contribution >= 4 is 15.9 Å². The maximum atomic E-state index is 9.71. The van der Waals surface area contributed by atoms with Crippen molar-refractivity contribution in [1.82, 2.24) is 0 Å². The highest BCUT2D eigenvalue weighted by atomic mass is 79.9. The molecule has 3 heteroatoms. The first-order valence-electron chi connectivity index (χ1n) is 2.13. The molecule has 0 saturated heterocycles. The van der Waals surface area contributed by atoms with E-state index in [9.17, 15) is 5.11 Å². The van der Waals surface area contributed by atoms with E-state index in [0.717, 1.165) is 0 Å². The topological polar surface area (TPSA) is 29.1 Å². The highest BCUT2D eigenvalue weighted by Gasteiger charge is 1.81. The molecule has 0 saturated carbocycles. The second-order valence-corrected chi connectivity index (χ2v) is 1.53. The van der Waals surface area contributed by atoms with Crippen molar-refractivity contribution in [3.05, 3.63) is 0 Å². The molecule has 0 fully saturated rings. The fourth-order valence-corrected chi connectivity index (χ4v) is 0.444. The van der Waals surface area contributed by atoms with Crippen LogP contribution >= 0.6 is 15.9 Å². The summed E-state index contributed by atoms with van der Waals surface area (Å²) in [5.41, 5.74) is 0.535. The molecule has 0 aromatic heterocycles. The third kappa shape index (κ3) is 6.40. The number of hydrogen-bond acceptors (Lipinski definition) is 1. The fourth-order valence-electron chi connectivity index (χ4n) is 0.216. The molecule has 0 aliphatic rings. The molecule has 0 heterocycles. The van der Waals surface area contributed by atoms with Gasteiger partial charge in [0.25, 0.3) is 0 Å². The maximum Gasteiger partial charge on any atom is 0.102 e. The van der Waals surface area contributed by atoms with Crippen LogP contribution in [0.3, 0.4) is 0 Å². The number of ether oxygens (including phenoxy) is 1. The highest BCUT2D eigenvalue weighted by Crippen LogP contribution is 1.84. The molecule has 0 aromatic rings. The van der Waals surface area contributed by atoms with Crippen molar-refractivity contribution in [2.45, 2.75) is 6.42 Å². The van der Waals surface area contributed by atoms with Crippen LogP contribution < -0.4 is 0 Å². The van der Waals surface area contributed by atoms with Gasteiger partial charge in [0.1, 0.15) is 5.52 Å². The second-order valence-electron chi connectivity index (χ2n) is 1.08. The zero-order chi connectivity index (χ0) is 5.54. The minimum absolute atomic E-state index is 0.0347. The SMILES string of the molecule is [O]CCCOCBr. The largest absolute Gasteiger partial charge is 0.370 e. The molecular formula is C4H8BrO2. The molecule has 0 unspecified atom stereocenters. The average molecular weight is 168 g/mol. The Morgan fingerprint density at radius 3 is 2.71 bits per heavy atom. The number of alkyl halides is 1. The van der Waals surface area contributed by atoms with E-state index in [-0.39, 0.29) is 6.61 Å². The van der Waals surface area contributed by atoms with Gasteiger partial charge in [-0.15, -0.1) is 0 Å². The lowest BCUT2D eigenvalue weighted by Crippen LogP contribution is -1.92. The smallest absolute Gasteiger partial charge is 0.102 e. The summed E-state index contributed by atoms with van der Waals surface area (Å²) in [6.45, 7) is 0.543. The highest BCUT2D eigenvalue weighted by molar-refractivity contribution is 9.09. The van der Waals surface area contributed by atoms with Gasteiger partial charge in [-0.3, -0.25) is 0 Å². The van der Waals surface area contributed by atoms with Gasteiger partial charge in [0.05, 0.1) is 13.2 Å². The third-order valence-electron chi connectivity index (χ3n) is 0.510. The standard InChI is InChI=1S/C4H8BrO2/c5-4-7-3-1-2-6/h1-4H2. The van der Waals surface area contributed by atoms with Gasteiger partial charge in [0.15, 0.2) is 0 Å². The van der Waals surface area contributed by atoms with Crippen LogP contribution in [0.25, 0.3) is 0 Å². The normalized spacial score (nSPS) is 9.43. The molecule has 0 spiro atoms. The van der Waals surface area contributed by atoms with E-state index in [1.807, 2.05) is 0 Å². The molecular weight excluding hydrogens is 160 g/mol. The van der Waals surface area contributed by atoms with Gasteiger partial charge in [0.2, 0.25) is 0 Å². The molecule has 0 aromatic carbocycles. The third-order valence-corrected chi connectivity index (χ3v) is 0.834. The summed E-state index contributed by atoms with van der Waals surface area (Å²) < 4.78 is 4.79. The molecule has 0 atom stereocenters. The van der Waals surface area contributed by atoms with Gasteiger partial charge in [-0.25, -0.2) is 5.11 Å². The molecule has 0 bridgehead atoms. The monoisotopic (exact) mass is 167 g/mol. The van der Waals surface area contributed by atoms with Gasteiger partial charge in [-0.2, -0.15) is 0 Å². The summed E-state index contributed by atoms with van der Waals surface area (Å²) in [7, 11) is 0. The van der Waals surface area contributed by atoms with E-state index in [4.69, 9.17) is 4.74 Å². The summed E-state index contributed by atoms with van der Waals surface area (Å²) >= 11 is 3.06. The Bertz CT molecular complexity index is 28.9. The van der Waals surface area contributed by atoms with Crippen LogP contribution in [0.1, 0.15) is 6.42 Å². The predicted octanol–water partition coefficient (Wildman–Crippen LogP) is 1.18. The second kappa shape index (κ2) is 6.40. The van der Waals surface area contributed by atoms with Crippen LogP contribution in [0.2, 0.25) is 0 Å². The fraction of sp³-hybridized carbons (Fsp3) is 1.00. The summed E-state index contributed by atoms with van der Waals surface area (Å²) in [4.78, 5) is 0. The Morgan fingerprint density at radius 1 is 1.57 bits per heavy atom. The molecule has 0 rings (SSSR count). The predicted molar refractivity (Wildman–Crippen MR) is 29.9 cm³/mol. The maximum absolute atomic E-state index is 9.71. The average Bonchev–Trinajstić information content (AvgIpc) is 1.69. The number of hydrogen-bond donors (Lipinski definition) is 0. The summed E-state index contributed by atoms with van der Waals surface area (Å²) in [6, 6.07) is 0. The molecule has 1 radical (unpaired) electrons. The van der Waals surface area contributed by atoms with Gasteiger partial charge in [-0.1, -0.05) is 15.9 Å². The van der Waals surface area contributed by atoms with E-state index in [1.165, 1.54) is 0 Å². The van der Waals surface area contributed by atoms with Crippen molar-refractivity contribution in [2.24, 2.45) is 0 Å². The quantitative estimate of drug-likeness (QED) is 0.457. The van der Waals surface area contributed by atoms with Crippen molar-refractivity contribution in [3.8, 4) is 0 Å². The van der Waals surface area contributed by atoms with Crippen LogP contribution in [0.15, 0.2) is 0 Å². The number of halogens is 1. The first kappa shape index (κ1) is 7.40. The molecule has 7 heavy (non-hydrogen) atoms. The first-order chi connectivity index (χ1) is 3.41. The molecule has 0 aliphatic carbocycles. The van der Waals surface area contributed by atoms with Crippen molar-refractivity contribution in [1.29, 1.82) is 0 Å². The van der Waals surface area contributed by atoms with Gasteiger partial charge >= 0.3 is 0 Å². The summed E-state index contributed by atoms with van der Waals surface area (Å²) in [5.74, 6) is 0. The molecule has 2 nitrogen and oxygen atoms in total. The van der Waals surface area contributed by atoms with Crippen LogP contribution in [0, 0.1) is 0 Å². The van der Waals surface area contributed by atoms with E-state index in [2.05, 4.69) is 15.9 Å². The lowest BCUT2D eigenvalue weighted by Gasteiger charge is -1.92. The summed E-state index contributed by atoms with van der Waals surface area (Å²) in [5, 5.41) is 9.71. The summed E-state index contributed by atoms with van der Waals surface area (Å²) in [6.07, 6.45) is 0.617. The zero-order valence-corrected chi connectivity index (χ0v) is 5.61. The lowest BCUT2D eigenvalue weighted by molar-refractivity contribution is 0.127. The Balaban J connectivity index is 2.45. The van der Waals surface area contributed by atoms with Crippen molar-refractivity contribution in [3.63, 3.8) is 0 Å². The van der Waals surface area contributed by atoms with E-state index >= 15 is 0 Å². The van der Waals surface area contributed by atoms with E-state index in [1.54, 1.807) is 0 Å². The van der Waals surface area contributed by atoms with E-state index in [0.29, 0.717) is 18.5 Å². The van der Waals surface area contributed by atoms with Crippen LogP contribution in [-0.2, 0) is 9.84 Å². The molecule has 43 valence electrons. The van der Waals surface area contributed by atoms with Gasteiger partial charge in [-0.05, 0) is 6.42 Å². The number of rotatable bonds is 4. The Morgan fingerprint density at radius 2 is 2.29 bits per heavy atom. The van der Waals surface area contributed by atoms with Crippen molar-refractivity contribution in [2.75, 3.05) is 18.7 Å². The Hall–Kier alpha value is 0.400. The van der Waals surface area contributed by atoms with Gasteiger partial charge < -0.3 is 4.74 Å². The minimum Gasteiger partial charge on any atom is -0.370 e. The Labute approximate surface area is 51.6 Å². The lowest BCUT2D eigenvalue weighted by atomic mass is 10.5. The van der Waals surface area contributed by atoms with E-state index < -0.39 is 0 Å². The van der Waals surface area contributed by atoms with Gasteiger partial charge in [0, 0.05) is 0 Å². The zero-order valence-electron chi connectivity index (χ0n) is 4.02. The molecule has 0 N–H and O–H groups in total. The van der Waals surface area contributed by atoms with Crippen LogP contribution in [0.5, 0.6) is 0 Å². The minimum atomic E-state index is -0.0347.